The van der Waals surface area contributed by atoms with E-state index in [0.29, 0.717) is 6.54 Å². The first-order valence-electron chi connectivity index (χ1n) is 5.75. The maximum absolute atomic E-state index is 9.33. The van der Waals surface area contributed by atoms with E-state index in [2.05, 4.69) is 25.1 Å². The predicted molar refractivity (Wildman–Crippen MR) is 70.4 cm³/mol. The molecule has 2 aromatic rings. The molecule has 0 unspecified atom stereocenters. The van der Waals surface area contributed by atoms with Crippen LogP contribution in [0, 0.1) is 6.92 Å². The minimum absolute atomic E-state index is 0.0340. The smallest absolute Gasteiger partial charge is 0.0685 e. The first-order chi connectivity index (χ1) is 8.27. The van der Waals surface area contributed by atoms with E-state index in [1.54, 1.807) is 0 Å². The molecule has 2 rings (SSSR count). The molecule has 0 aliphatic heterocycles. The lowest BCUT2D eigenvalue weighted by molar-refractivity contribution is 0.280. The van der Waals surface area contributed by atoms with Gasteiger partial charge >= 0.3 is 0 Å². The van der Waals surface area contributed by atoms with Crippen molar-refractivity contribution in [3.8, 4) is 11.1 Å². The summed E-state index contributed by atoms with van der Waals surface area (Å²) in [6.45, 7) is 2.56. The van der Waals surface area contributed by atoms with Gasteiger partial charge in [-0.3, -0.25) is 0 Å². The van der Waals surface area contributed by atoms with E-state index in [0.717, 1.165) is 16.7 Å². The number of aliphatic hydroxyl groups is 1. The molecule has 88 valence electrons. The minimum atomic E-state index is 0.0340. The Balaban J connectivity index is 2.63. The monoisotopic (exact) mass is 227 g/mol. The number of nitrogens with two attached hydrogens (primary N) is 1. The Morgan fingerprint density at radius 1 is 1.00 bits per heavy atom. The normalized spacial score (nSPS) is 10.5. The number of hydrogen-bond acceptors (Lipinski definition) is 2. The lowest BCUT2D eigenvalue weighted by Crippen LogP contribution is -2.04. The highest BCUT2D eigenvalue weighted by Crippen LogP contribution is 2.28. The molecule has 3 N–H and O–H groups in total. The quantitative estimate of drug-likeness (QED) is 0.846. The van der Waals surface area contributed by atoms with Crippen LogP contribution in [0.5, 0.6) is 0 Å². The van der Waals surface area contributed by atoms with Gasteiger partial charge in [-0.25, -0.2) is 0 Å². The number of rotatable bonds is 3. The lowest BCUT2D eigenvalue weighted by atomic mass is 9.93. The Labute approximate surface area is 102 Å². The molecule has 0 saturated carbocycles. The first kappa shape index (κ1) is 11.8. The van der Waals surface area contributed by atoms with Gasteiger partial charge in [0.2, 0.25) is 0 Å². The molecule has 0 bridgehead atoms. The standard InChI is InChI=1S/C15H17NO/c1-11-5-2-3-7-13(11)14-8-4-6-12(10-17)15(14)9-16/h2-8,17H,9-10,16H2,1H3. The summed E-state index contributed by atoms with van der Waals surface area (Å²) in [6, 6.07) is 14.2. The van der Waals surface area contributed by atoms with Gasteiger partial charge in [-0.1, -0.05) is 42.5 Å². The molecule has 0 saturated heterocycles. The number of benzene rings is 2. The Bertz CT molecular complexity index is 520. The molecule has 0 amide bonds. The van der Waals surface area contributed by atoms with Crippen molar-refractivity contribution in [3.63, 3.8) is 0 Å². The minimum Gasteiger partial charge on any atom is -0.392 e. The Kier molecular flexibility index (Phi) is 3.57. The van der Waals surface area contributed by atoms with Crippen LogP contribution in [0.25, 0.3) is 11.1 Å². The third-order valence-electron chi connectivity index (χ3n) is 3.08. The fourth-order valence-corrected chi connectivity index (χ4v) is 2.15. The molecule has 0 radical (unpaired) electrons. The second-order valence-corrected chi connectivity index (χ2v) is 4.12. The maximum atomic E-state index is 9.33. The molecule has 2 aromatic carbocycles. The summed E-state index contributed by atoms with van der Waals surface area (Å²) in [5.41, 5.74) is 11.3. The van der Waals surface area contributed by atoms with Crippen LogP contribution in [-0.2, 0) is 13.2 Å². The number of aryl methyl sites for hydroxylation is 1. The van der Waals surface area contributed by atoms with Crippen LogP contribution in [-0.4, -0.2) is 5.11 Å². The molecule has 2 heteroatoms. The molecule has 0 spiro atoms. The molecule has 17 heavy (non-hydrogen) atoms. The SMILES string of the molecule is Cc1ccccc1-c1cccc(CO)c1CN. The van der Waals surface area contributed by atoms with Gasteiger partial charge in [0, 0.05) is 6.54 Å². The average molecular weight is 227 g/mol. The van der Waals surface area contributed by atoms with Crippen LogP contribution in [0.15, 0.2) is 42.5 Å². The summed E-state index contributed by atoms with van der Waals surface area (Å²) < 4.78 is 0. The topological polar surface area (TPSA) is 46.2 Å². The summed E-state index contributed by atoms with van der Waals surface area (Å²) >= 11 is 0. The van der Waals surface area contributed by atoms with Gasteiger partial charge < -0.3 is 10.8 Å². The van der Waals surface area contributed by atoms with E-state index >= 15 is 0 Å². The first-order valence-corrected chi connectivity index (χ1v) is 5.75. The zero-order valence-electron chi connectivity index (χ0n) is 9.98. The van der Waals surface area contributed by atoms with Crippen LogP contribution in [0.1, 0.15) is 16.7 Å². The van der Waals surface area contributed by atoms with Crippen molar-refractivity contribution in [2.24, 2.45) is 5.73 Å². The van der Waals surface area contributed by atoms with E-state index < -0.39 is 0 Å². The average Bonchev–Trinajstić information content (AvgIpc) is 2.38. The molecule has 0 fully saturated rings. The van der Waals surface area contributed by atoms with Crippen molar-refractivity contribution in [2.45, 2.75) is 20.1 Å². The molecular formula is C15H17NO. The molecule has 0 heterocycles. The second kappa shape index (κ2) is 5.13. The van der Waals surface area contributed by atoms with E-state index in [1.807, 2.05) is 24.3 Å². The predicted octanol–water partition coefficient (Wildman–Crippen LogP) is 2.61. The van der Waals surface area contributed by atoms with Crippen LogP contribution in [0.3, 0.4) is 0 Å². The highest BCUT2D eigenvalue weighted by atomic mass is 16.3. The van der Waals surface area contributed by atoms with Gasteiger partial charge in [0.05, 0.1) is 6.61 Å². The lowest BCUT2D eigenvalue weighted by Gasteiger charge is -2.14. The van der Waals surface area contributed by atoms with E-state index in [9.17, 15) is 5.11 Å². The molecular weight excluding hydrogens is 210 g/mol. The molecule has 0 atom stereocenters. The fourth-order valence-electron chi connectivity index (χ4n) is 2.15. The van der Waals surface area contributed by atoms with Gasteiger partial charge in [-0.15, -0.1) is 0 Å². The van der Waals surface area contributed by atoms with Crippen LogP contribution < -0.4 is 5.73 Å². The van der Waals surface area contributed by atoms with E-state index in [-0.39, 0.29) is 6.61 Å². The van der Waals surface area contributed by atoms with E-state index in [1.165, 1.54) is 11.1 Å². The Hall–Kier alpha value is -1.64. The molecule has 0 aliphatic carbocycles. The zero-order valence-corrected chi connectivity index (χ0v) is 9.98. The highest BCUT2D eigenvalue weighted by molar-refractivity contribution is 5.71. The third kappa shape index (κ3) is 2.23. The van der Waals surface area contributed by atoms with Crippen LogP contribution in [0.2, 0.25) is 0 Å². The Morgan fingerprint density at radius 3 is 2.35 bits per heavy atom. The van der Waals surface area contributed by atoms with Crippen molar-refractivity contribution in [1.29, 1.82) is 0 Å². The number of aliphatic hydroxyl groups excluding tert-OH is 1. The van der Waals surface area contributed by atoms with Crippen molar-refractivity contribution in [3.05, 3.63) is 59.2 Å². The number of hydrogen-bond donors (Lipinski definition) is 2. The molecule has 0 aliphatic rings. The van der Waals surface area contributed by atoms with Crippen molar-refractivity contribution in [2.75, 3.05) is 0 Å². The summed E-state index contributed by atoms with van der Waals surface area (Å²) in [4.78, 5) is 0. The van der Waals surface area contributed by atoms with Gasteiger partial charge in [0.1, 0.15) is 0 Å². The van der Waals surface area contributed by atoms with Crippen LogP contribution in [0.4, 0.5) is 0 Å². The highest BCUT2D eigenvalue weighted by Gasteiger charge is 2.09. The van der Waals surface area contributed by atoms with Crippen molar-refractivity contribution >= 4 is 0 Å². The van der Waals surface area contributed by atoms with E-state index in [4.69, 9.17) is 5.73 Å². The van der Waals surface area contributed by atoms with Crippen molar-refractivity contribution < 1.29 is 5.11 Å². The summed E-state index contributed by atoms with van der Waals surface area (Å²) in [5, 5.41) is 9.33. The Morgan fingerprint density at radius 2 is 1.71 bits per heavy atom. The van der Waals surface area contributed by atoms with Crippen LogP contribution >= 0.6 is 0 Å². The third-order valence-corrected chi connectivity index (χ3v) is 3.08. The fraction of sp³-hybridized carbons (Fsp3) is 0.200. The van der Waals surface area contributed by atoms with Gasteiger partial charge in [0.15, 0.2) is 0 Å². The summed E-state index contributed by atoms with van der Waals surface area (Å²) in [7, 11) is 0. The van der Waals surface area contributed by atoms with Gasteiger partial charge in [-0.05, 0) is 34.7 Å². The maximum Gasteiger partial charge on any atom is 0.0685 e. The van der Waals surface area contributed by atoms with Crippen molar-refractivity contribution in [1.82, 2.24) is 0 Å². The molecule has 0 aromatic heterocycles. The van der Waals surface area contributed by atoms with Gasteiger partial charge in [0.25, 0.3) is 0 Å². The summed E-state index contributed by atoms with van der Waals surface area (Å²) in [5.74, 6) is 0. The second-order valence-electron chi connectivity index (χ2n) is 4.12. The largest absolute Gasteiger partial charge is 0.392 e. The van der Waals surface area contributed by atoms with Gasteiger partial charge in [-0.2, -0.15) is 0 Å². The molecule has 2 nitrogen and oxygen atoms in total. The zero-order chi connectivity index (χ0) is 12.3. The summed E-state index contributed by atoms with van der Waals surface area (Å²) in [6.07, 6.45) is 0.